The molecule has 52 heavy (non-hydrogen) atoms. The Kier molecular flexibility index (Phi) is 6.39. The minimum absolute atomic E-state index is 0.640. The standard InChI is InChI=1S/C47H28N4S/c1-3-15-33-29(11-1)13-9-19-35(33)46-48-45(49-47(50-46)36-20-10-14-30-12-2-4-16-34(30)36)31-23-25-32(26-24-31)51-39-21-7-5-17-37(39)43-40(51)27-28-42-44(43)38-18-6-8-22-41(38)52-42/h1-28H. The predicted molar refractivity (Wildman–Crippen MR) is 218 cm³/mol. The van der Waals surface area contributed by atoms with E-state index in [0.717, 1.165) is 43.9 Å². The summed E-state index contributed by atoms with van der Waals surface area (Å²) in [5.41, 5.74) is 6.37. The Morgan fingerprint density at radius 2 is 0.923 bits per heavy atom. The molecule has 3 aromatic heterocycles. The number of hydrogen-bond acceptors (Lipinski definition) is 4. The first-order valence-corrected chi connectivity index (χ1v) is 18.3. The minimum atomic E-state index is 0.640. The maximum atomic E-state index is 5.15. The Labute approximate surface area is 302 Å². The zero-order chi connectivity index (χ0) is 34.2. The summed E-state index contributed by atoms with van der Waals surface area (Å²) >= 11 is 1.86. The predicted octanol–water partition coefficient (Wildman–Crippen LogP) is 12.6. The highest BCUT2D eigenvalue weighted by Gasteiger charge is 2.19. The Morgan fingerprint density at radius 1 is 0.365 bits per heavy atom. The summed E-state index contributed by atoms with van der Waals surface area (Å²) in [7, 11) is 0. The summed E-state index contributed by atoms with van der Waals surface area (Å²) in [4.78, 5) is 15.4. The van der Waals surface area contributed by atoms with E-state index < -0.39 is 0 Å². The summed E-state index contributed by atoms with van der Waals surface area (Å²) in [6, 6.07) is 60.1. The van der Waals surface area contributed by atoms with E-state index in [1.807, 2.05) is 11.3 Å². The summed E-state index contributed by atoms with van der Waals surface area (Å²) in [5.74, 6) is 1.95. The molecule has 4 nitrogen and oxygen atoms in total. The van der Waals surface area contributed by atoms with E-state index in [1.165, 1.54) is 42.0 Å². The van der Waals surface area contributed by atoms with Gasteiger partial charge in [0.1, 0.15) is 0 Å². The second-order valence-electron chi connectivity index (χ2n) is 13.2. The molecule has 0 unspecified atom stereocenters. The highest BCUT2D eigenvalue weighted by Crippen LogP contribution is 2.43. The number of aromatic nitrogens is 4. The van der Waals surface area contributed by atoms with E-state index in [2.05, 4.69) is 174 Å². The lowest BCUT2D eigenvalue weighted by atomic mass is 10.0. The largest absolute Gasteiger partial charge is 0.309 e. The Bertz CT molecular complexity index is 3080. The summed E-state index contributed by atoms with van der Waals surface area (Å²) in [5, 5.41) is 9.72. The van der Waals surface area contributed by atoms with E-state index in [4.69, 9.17) is 15.0 Å². The van der Waals surface area contributed by atoms with Crippen LogP contribution in [0, 0.1) is 0 Å². The number of benzene rings is 8. The molecule has 11 aromatic rings. The summed E-state index contributed by atoms with van der Waals surface area (Å²) in [6.07, 6.45) is 0. The third-order valence-corrected chi connectivity index (χ3v) is 11.4. The zero-order valence-electron chi connectivity index (χ0n) is 27.9. The second-order valence-corrected chi connectivity index (χ2v) is 14.3. The molecule has 0 aliphatic rings. The Morgan fingerprint density at radius 3 is 1.62 bits per heavy atom. The number of nitrogens with zero attached hydrogens (tertiary/aromatic N) is 4. The zero-order valence-corrected chi connectivity index (χ0v) is 28.7. The first-order valence-electron chi connectivity index (χ1n) is 17.5. The van der Waals surface area contributed by atoms with Gasteiger partial charge in [0.25, 0.3) is 0 Å². The fraction of sp³-hybridized carbons (Fsp3) is 0. The third kappa shape index (κ3) is 4.43. The molecule has 0 aliphatic heterocycles. The van der Waals surface area contributed by atoms with Gasteiger partial charge < -0.3 is 4.57 Å². The van der Waals surface area contributed by atoms with Gasteiger partial charge >= 0.3 is 0 Å². The van der Waals surface area contributed by atoms with Crippen molar-refractivity contribution >= 4 is 74.9 Å². The molecule has 0 bridgehead atoms. The molecule has 0 amide bonds. The second kappa shape index (κ2) is 11.4. The average Bonchev–Trinajstić information content (AvgIpc) is 3.76. The van der Waals surface area contributed by atoms with Crippen molar-refractivity contribution < 1.29 is 0 Å². The van der Waals surface area contributed by atoms with Crippen LogP contribution in [0.3, 0.4) is 0 Å². The maximum absolute atomic E-state index is 5.15. The fourth-order valence-corrected chi connectivity index (χ4v) is 9.01. The normalized spacial score (nSPS) is 11.8. The van der Waals surface area contributed by atoms with Gasteiger partial charge in [-0.05, 0) is 70.1 Å². The van der Waals surface area contributed by atoms with Crippen molar-refractivity contribution in [2.75, 3.05) is 0 Å². The minimum Gasteiger partial charge on any atom is -0.309 e. The van der Waals surface area contributed by atoms with Gasteiger partial charge in [0.2, 0.25) is 0 Å². The van der Waals surface area contributed by atoms with Crippen molar-refractivity contribution in [2.24, 2.45) is 0 Å². The number of para-hydroxylation sites is 1. The van der Waals surface area contributed by atoms with E-state index in [0.29, 0.717) is 17.5 Å². The molecular formula is C47H28N4S. The molecule has 0 radical (unpaired) electrons. The van der Waals surface area contributed by atoms with E-state index >= 15 is 0 Å². The van der Waals surface area contributed by atoms with Crippen molar-refractivity contribution in [1.29, 1.82) is 0 Å². The van der Waals surface area contributed by atoms with Crippen LogP contribution in [0.25, 0.3) is 103 Å². The number of hydrogen-bond donors (Lipinski definition) is 0. The van der Waals surface area contributed by atoms with Gasteiger partial charge in [0.15, 0.2) is 17.5 Å². The first-order chi connectivity index (χ1) is 25.8. The molecule has 3 heterocycles. The van der Waals surface area contributed by atoms with Gasteiger partial charge in [-0.2, -0.15) is 0 Å². The van der Waals surface area contributed by atoms with Gasteiger partial charge in [0.05, 0.1) is 11.0 Å². The lowest BCUT2D eigenvalue weighted by Crippen LogP contribution is -2.01. The monoisotopic (exact) mass is 680 g/mol. The molecule has 0 saturated heterocycles. The summed E-state index contributed by atoms with van der Waals surface area (Å²) < 4.78 is 5.01. The smallest absolute Gasteiger partial charge is 0.164 e. The molecule has 8 aromatic carbocycles. The van der Waals surface area contributed by atoms with Crippen LogP contribution in [0.1, 0.15) is 0 Å². The van der Waals surface area contributed by atoms with Crippen LogP contribution in [0.5, 0.6) is 0 Å². The van der Waals surface area contributed by atoms with Gasteiger partial charge in [-0.15, -0.1) is 11.3 Å². The van der Waals surface area contributed by atoms with Crippen LogP contribution < -0.4 is 0 Å². The van der Waals surface area contributed by atoms with Gasteiger partial charge in [-0.1, -0.05) is 121 Å². The average molecular weight is 681 g/mol. The van der Waals surface area contributed by atoms with Gasteiger partial charge in [0, 0.05) is 53.3 Å². The highest BCUT2D eigenvalue weighted by atomic mass is 32.1. The van der Waals surface area contributed by atoms with E-state index in [-0.39, 0.29) is 0 Å². The maximum Gasteiger partial charge on any atom is 0.164 e. The highest BCUT2D eigenvalue weighted by molar-refractivity contribution is 7.26. The SMILES string of the molecule is c1ccc2c(-c3nc(-c4ccc(-n5c6ccccc6c6c7c(ccc65)sc5ccccc57)cc4)nc(-c4cccc5ccccc45)n3)cccc2c1. The van der Waals surface area contributed by atoms with Crippen LogP contribution in [-0.4, -0.2) is 19.5 Å². The van der Waals surface area contributed by atoms with E-state index in [9.17, 15) is 0 Å². The van der Waals surface area contributed by atoms with Crippen LogP contribution >= 0.6 is 11.3 Å². The first kappa shape index (κ1) is 29.1. The molecule has 0 fully saturated rings. The molecule has 11 rings (SSSR count). The third-order valence-electron chi connectivity index (χ3n) is 10.3. The quantitative estimate of drug-likeness (QED) is 0.186. The molecule has 0 atom stereocenters. The molecule has 242 valence electrons. The molecular weight excluding hydrogens is 653 g/mol. The Hall–Kier alpha value is -6.69. The van der Waals surface area contributed by atoms with Crippen molar-refractivity contribution in [3.05, 3.63) is 170 Å². The molecule has 0 saturated carbocycles. The lowest BCUT2D eigenvalue weighted by Gasteiger charge is -2.12. The molecule has 0 spiro atoms. The topological polar surface area (TPSA) is 43.6 Å². The van der Waals surface area contributed by atoms with Crippen molar-refractivity contribution in [1.82, 2.24) is 19.5 Å². The Balaban J connectivity index is 1.11. The van der Waals surface area contributed by atoms with Crippen molar-refractivity contribution in [3.8, 4) is 39.9 Å². The van der Waals surface area contributed by atoms with Crippen molar-refractivity contribution in [2.45, 2.75) is 0 Å². The van der Waals surface area contributed by atoms with Crippen LogP contribution in [0.4, 0.5) is 0 Å². The van der Waals surface area contributed by atoms with Crippen LogP contribution in [0.2, 0.25) is 0 Å². The molecule has 5 heteroatoms. The van der Waals surface area contributed by atoms with Gasteiger partial charge in [-0.3, -0.25) is 0 Å². The van der Waals surface area contributed by atoms with Crippen LogP contribution in [-0.2, 0) is 0 Å². The number of fused-ring (bicyclic) bond motifs is 9. The van der Waals surface area contributed by atoms with Crippen molar-refractivity contribution in [3.63, 3.8) is 0 Å². The van der Waals surface area contributed by atoms with E-state index in [1.54, 1.807) is 0 Å². The van der Waals surface area contributed by atoms with Gasteiger partial charge in [-0.25, -0.2) is 15.0 Å². The molecule has 0 N–H and O–H groups in total. The number of thiophene rings is 1. The van der Waals surface area contributed by atoms with Crippen LogP contribution in [0.15, 0.2) is 170 Å². The summed E-state index contributed by atoms with van der Waals surface area (Å²) in [6.45, 7) is 0. The number of rotatable bonds is 4. The molecule has 0 aliphatic carbocycles. The lowest BCUT2D eigenvalue weighted by molar-refractivity contribution is 1.08. The fourth-order valence-electron chi connectivity index (χ4n) is 7.90.